The van der Waals surface area contributed by atoms with Gasteiger partial charge in [0.05, 0.1) is 25.4 Å². The van der Waals surface area contributed by atoms with Gasteiger partial charge in [0, 0.05) is 28.1 Å². The number of methoxy groups -OCH3 is 2. The van der Waals surface area contributed by atoms with Gasteiger partial charge in [0.1, 0.15) is 9.71 Å². The Hall–Kier alpha value is -3.65. The Labute approximate surface area is 176 Å². The number of Topliss-reactive ketones (excluding diaryl/α,β-unsaturated/α-hetero) is 1. The van der Waals surface area contributed by atoms with Gasteiger partial charge in [0.25, 0.3) is 5.91 Å². The van der Waals surface area contributed by atoms with Gasteiger partial charge >= 0.3 is 0 Å². The van der Waals surface area contributed by atoms with Crippen LogP contribution in [0.1, 0.15) is 27.0 Å². The molecule has 1 amide bonds. The van der Waals surface area contributed by atoms with Crippen LogP contribution in [0, 0.1) is 0 Å². The van der Waals surface area contributed by atoms with Gasteiger partial charge in [-0.25, -0.2) is 4.98 Å². The van der Waals surface area contributed by atoms with Crippen molar-refractivity contribution in [3.05, 3.63) is 52.9 Å². The summed E-state index contributed by atoms with van der Waals surface area (Å²) < 4.78 is 10.7. The van der Waals surface area contributed by atoms with E-state index in [1.54, 1.807) is 44.6 Å². The zero-order valence-electron chi connectivity index (χ0n) is 16.6. The summed E-state index contributed by atoms with van der Waals surface area (Å²) in [6, 6.07) is 12.3. The van der Waals surface area contributed by atoms with Crippen LogP contribution in [-0.4, -0.2) is 30.9 Å². The molecule has 0 aliphatic heterocycles. The molecule has 4 aromatic rings. The van der Waals surface area contributed by atoms with E-state index in [1.165, 1.54) is 18.3 Å². The molecule has 2 heterocycles. The fourth-order valence-electron chi connectivity index (χ4n) is 3.20. The standard InChI is InChI=1S/C22H19N3O4S/c1-11(26)12-5-4-6-14(7-12)24-21(27)20-19(23)15-8-13-9-17(28-2)18(29-3)10-16(13)25-22(15)30-20/h4-10H,23H2,1-3H3,(H,24,27). The predicted octanol–water partition coefficient (Wildman–Crippen LogP) is 4.50. The van der Waals surface area contributed by atoms with Crippen molar-refractivity contribution in [2.75, 3.05) is 25.3 Å². The van der Waals surface area contributed by atoms with Crippen LogP contribution in [0.2, 0.25) is 0 Å². The van der Waals surface area contributed by atoms with Crippen LogP contribution < -0.4 is 20.5 Å². The number of carbonyl (C=O) groups is 2. The number of nitrogen functional groups attached to an aromatic ring is 1. The fraction of sp³-hybridized carbons (Fsp3) is 0.136. The van der Waals surface area contributed by atoms with Gasteiger partial charge in [0.2, 0.25) is 0 Å². The number of pyridine rings is 1. The van der Waals surface area contributed by atoms with Gasteiger partial charge < -0.3 is 20.5 Å². The monoisotopic (exact) mass is 421 g/mol. The van der Waals surface area contributed by atoms with Gasteiger partial charge in [0.15, 0.2) is 17.3 Å². The van der Waals surface area contributed by atoms with Crippen molar-refractivity contribution in [1.29, 1.82) is 0 Å². The first kappa shape index (κ1) is 19.7. The quantitative estimate of drug-likeness (QED) is 0.460. The minimum Gasteiger partial charge on any atom is -0.493 e. The fourth-order valence-corrected chi connectivity index (χ4v) is 4.18. The molecule has 30 heavy (non-hydrogen) atoms. The average molecular weight is 421 g/mol. The molecule has 8 heteroatoms. The first-order valence-electron chi connectivity index (χ1n) is 9.08. The number of anilines is 2. The number of nitrogens with zero attached hydrogens (tertiary/aromatic N) is 1. The maximum Gasteiger partial charge on any atom is 0.267 e. The topological polar surface area (TPSA) is 104 Å². The Morgan fingerprint density at radius 1 is 1.07 bits per heavy atom. The molecule has 0 spiro atoms. The molecule has 0 fully saturated rings. The van der Waals surface area contributed by atoms with Crippen LogP contribution >= 0.6 is 11.3 Å². The van der Waals surface area contributed by atoms with E-state index in [1.807, 2.05) is 12.1 Å². The maximum absolute atomic E-state index is 12.8. The molecule has 4 rings (SSSR count). The Morgan fingerprint density at radius 2 is 1.80 bits per heavy atom. The minimum absolute atomic E-state index is 0.0748. The van der Waals surface area contributed by atoms with Crippen LogP contribution in [0.3, 0.4) is 0 Å². The summed E-state index contributed by atoms with van der Waals surface area (Å²) in [5.74, 6) is 0.734. The molecule has 0 unspecified atom stereocenters. The average Bonchev–Trinajstić information content (AvgIpc) is 3.06. The molecule has 0 atom stereocenters. The van der Waals surface area contributed by atoms with Crippen molar-refractivity contribution >= 4 is 55.5 Å². The van der Waals surface area contributed by atoms with Crippen LogP contribution in [0.4, 0.5) is 11.4 Å². The lowest BCUT2D eigenvalue weighted by molar-refractivity contribution is 0.101. The van der Waals surface area contributed by atoms with Crippen LogP contribution in [0.25, 0.3) is 21.1 Å². The minimum atomic E-state index is -0.351. The smallest absolute Gasteiger partial charge is 0.267 e. The molecule has 2 aromatic heterocycles. The highest BCUT2D eigenvalue weighted by Crippen LogP contribution is 2.38. The largest absolute Gasteiger partial charge is 0.493 e. The molecule has 7 nitrogen and oxygen atoms in total. The van der Waals surface area contributed by atoms with Crippen molar-refractivity contribution in [3.63, 3.8) is 0 Å². The van der Waals surface area contributed by atoms with Crippen molar-refractivity contribution < 1.29 is 19.1 Å². The maximum atomic E-state index is 12.8. The Morgan fingerprint density at radius 3 is 2.50 bits per heavy atom. The molecule has 2 aromatic carbocycles. The molecular weight excluding hydrogens is 402 g/mol. The van der Waals surface area contributed by atoms with Gasteiger partial charge in [-0.2, -0.15) is 0 Å². The molecule has 3 N–H and O–H groups in total. The first-order valence-corrected chi connectivity index (χ1v) is 9.90. The van der Waals surface area contributed by atoms with Crippen LogP contribution in [0.5, 0.6) is 11.5 Å². The van der Waals surface area contributed by atoms with Gasteiger partial charge in [-0.05, 0) is 31.2 Å². The molecule has 0 aliphatic rings. The number of benzene rings is 2. The second-order valence-corrected chi connectivity index (χ2v) is 7.68. The van der Waals surface area contributed by atoms with Crippen LogP contribution in [-0.2, 0) is 0 Å². The third kappa shape index (κ3) is 3.42. The Kier molecular flexibility index (Phi) is 5.01. The number of nitrogens with two attached hydrogens (primary N) is 1. The summed E-state index contributed by atoms with van der Waals surface area (Å²) in [5, 5.41) is 4.33. The number of rotatable bonds is 5. The summed E-state index contributed by atoms with van der Waals surface area (Å²) in [6.07, 6.45) is 0. The summed E-state index contributed by atoms with van der Waals surface area (Å²) in [4.78, 5) is 30.1. The van der Waals surface area contributed by atoms with E-state index in [0.29, 0.717) is 49.0 Å². The van der Waals surface area contributed by atoms with Crippen molar-refractivity contribution in [2.45, 2.75) is 6.92 Å². The number of amides is 1. The highest BCUT2D eigenvalue weighted by molar-refractivity contribution is 7.21. The zero-order valence-corrected chi connectivity index (χ0v) is 17.4. The summed E-state index contributed by atoms with van der Waals surface area (Å²) >= 11 is 1.21. The number of ketones is 1. The lowest BCUT2D eigenvalue weighted by atomic mass is 10.1. The Bertz CT molecular complexity index is 1310. The number of aromatic nitrogens is 1. The molecule has 0 bridgehead atoms. The number of ether oxygens (including phenoxy) is 2. The molecular formula is C22H19N3O4S. The van der Waals surface area contributed by atoms with Gasteiger partial charge in [-0.15, -0.1) is 11.3 Å². The van der Waals surface area contributed by atoms with Gasteiger partial charge in [-0.1, -0.05) is 12.1 Å². The van der Waals surface area contributed by atoms with E-state index < -0.39 is 0 Å². The summed E-state index contributed by atoms with van der Waals surface area (Å²) in [7, 11) is 3.13. The zero-order chi connectivity index (χ0) is 21.4. The Balaban J connectivity index is 1.75. The lowest BCUT2D eigenvalue weighted by Crippen LogP contribution is -2.12. The molecule has 0 saturated carbocycles. The van der Waals surface area contributed by atoms with Gasteiger partial charge in [-0.3, -0.25) is 9.59 Å². The number of hydrogen-bond donors (Lipinski definition) is 2. The van der Waals surface area contributed by atoms with E-state index in [0.717, 1.165) is 5.39 Å². The van der Waals surface area contributed by atoms with Crippen molar-refractivity contribution in [2.24, 2.45) is 0 Å². The van der Waals surface area contributed by atoms with Crippen LogP contribution in [0.15, 0.2) is 42.5 Å². The molecule has 152 valence electrons. The van der Waals surface area contributed by atoms with Crippen molar-refractivity contribution in [3.8, 4) is 11.5 Å². The summed E-state index contributed by atoms with van der Waals surface area (Å²) in [5.41, 5.74) is 8.41. The van der Waals surface area contributed by atoms with E-state index in [-0.39, 0.29) is 11.7 Å². The normalized spacial score (nSPS) is 10.9. The third-order valence-corrected chi connectivity index (χ3v) is 5.87. The number of carbonyl (C=O) groups excluding carboxylic acids is 2. The third-order valence-electron chi connectivity index (χ3n) is 4.75. The first-order chi connectivity index (χ1) is 14.4. The highest BCUT2D eigenvalue weighted by atomic mass is 32.1. The molecule has 0 saturated heterocycles. The SMILES string of the molecule is COc1cc2cc3c(N)c(C(=O)Nc4cccc(C(C)=O)c4)sc3nc2cc1OC. The lowest BCUT2D eigenvalue weighted by Gasteiger charge is -2.08. The number of nitrogens with one attached hydrogen (secondary N) is 1. The van der Waals surface area contributed by atoms with E-state index in [9.17, 15) is 9.59 Å². The number of thiophene rings is 1. The molecule has 0 aliphatic carbocycles. The van der Waals surface area contributed by atoms with Crippen molar-refractivity contribution in [1.82, 2.24) is 4.98 Å². The summed E-state index contributed by atoms with van der Waals surface area (Å²) in [6.45, 7) is 1.48. The molecule has 0 radical (unpaired) electrons. The van der Waals surface area contributed by atoms with E-state index in [2.05, 4.69) is 10.3 Å². The van der Waals surface area contributed by atoms with E-state index >= 15 is 0 Å². The number of hydrogen-bond acceptors (Lipinski definition) is 7. The predicted molar refractivity (Wildman–Crippen MR) is 119 cm³/mol. The van der Waals surface area contributed by atoms with E-state index in [4.69, 9.17) is 15.2 Å². The second kappa shape index (κ2) is 7.64. The number of fused-ring (bicyclic) bond motifs is 2. The second-order valence-electron chi connectivity index (χ2n) is 6.68. The highest BCUT2D eigenvalue weighted by Gasteiger charge is 2.19.